The molecule has 7 heteroatoms. The van der Waals surface area contributed by atoms with Gasteiger partial charge in [0.15, 0.2) is 5.78 Å². The Morgan fingerprint density at radius 1 is 1.32 bits per heavy atom. The fourth-order valence-electron chi connectivity index (χ4n) is 1.87. The van der Waals surface area contributed by atoms with Gasteiger partial charge in [0.25, 0.3) is 0 Å². The SMILES string of the molecule is CC(=O)/C=C(/C)O.CNCc1ccnc(-c2[c-]c(F)cc(F)c2)c1.[Pt]. The molecule has 1 aromatic carbocycles. The summed E-state index contributed by atoms with van der Waals surface area (Å²) in [6.07, 6.45) is 2.78. The first-order valence-corrected chi connectivity index (χ1v) is 7.18. The number of aliphatic hydroxyl groups is 1. The number of ketones is 1. The molecule has 25 heavy (non-hydrogen) atoms. The molecule has 0 bridgehead atoms. The van der Waals surface area contributed by atoms with Crippen LogP contribution in [-0.2, 0) is 32.4 Å². The second-order valence-corrected chi connectivity index (χ2v) is 5.04. The zero-order chi connectivity index (χ0) is 18.1. The van der Waals surface area contributed by atoms with Crippen LogP contribution in [0.1, 0.15) is 19.4 Å². The Labute approximate surface area is 160 Å². The Kier molecular flexibility index (Phi) is 10.7. The third kappa shape index (κ3) is 9.22. The molecule has 0 fully saturated rings. The van der Waals surface area contributed by atoms with Crippen LogP contribution in [0.25, 0.3) is 11.3 Å². The number of hydrogen-bond donors (Lipinski definition) is 2. The normalized spacial score (nSPS) is 10.4. The third-order valence-corrected chi connectivity index (χ3v) is 2.69. The van der Waals surface area contributed by atoms with Gasteiger partial charge in [-0.15, -0.1) is 17.7 Å². The van der Waals surface area contributed by atoms with Crippen LogP contribution in [-0.4, -0.2) is 22.9 Å². The fourth-order valence-corrected chi connectivity index (χ4v) is 1.87. The zero-order valence-electron chi connectivity index (χ0n) is 14.0. The van der Waals surface area contributed by atoms with Gasteiger partial charge in [-0.25, -0.2) is 8.78 Å². The van der Waals surface area contributed by atoms with Gasteiger partial charge < -0.3 is 15.4 Å². The van der Waals surface area contributed by atoms with E-state index in [1.54, 1.807) is 12.3 Å². The molecule has 0 radical (unpaired) electrons. The third-order valence-electron chi connectivity index (χ3n) is 2.69. The first-order valence-electron chi connectivity index (χ1n) is 7.18. The molecule has 1 aromatic heterocycles. The van der Waals surface area contributed by atoms with Crippen molar-refractivity contribution in [2.75, 3.05) is 7.05 Å². The minimum absolute atomic E-state index is 0. The van der Waals surface area contributed by atoms with Crippen molar-refractivity contribution in [2.24, 2.45) is 0 Å². The predicted octanol–water partition coefficient (Wildman–Crippen LogP) is 3.58. The number of allylic oxidation sites excluding steroid dienone is 2. The Morgan fingerprint density at radius 2 is 2.00 bits per heavy atom. The monoisotopic (exact) mass is 528 g/mol. The summed E-state index contributed by atoms with van der Waals surface area (Å²) in [4.78, 5) is 14.1. The van der Waals surface area contributed by atoms with Gasteiger partial charge in [-0.3, -0.25) is 4.79 Å². The zero-order valence-corrected chi connectivity index (χ0v) is 16.3. The molecule has 0 atom stereocenters. The van der Waals surface area contributed by atoms with Crippen LogP contribution in [0.15, 0.2) is 42.3 Å². The van der Waals surface area contributed by atoms with E-state index in [1.165, 1.54) is 26.0 Å². The number of halogens is 2. The van der Waals surface area contributed by atoms with Crippen LogP contribution in [0.3, 0.4) is 0 Å². The summed E-state index contributed by atoms with van der Waals surface area (Å²) < 4.78 is 26.1. The van der Waals surface area contributed by atoms with Gasteiger partial charge in [0.2, 0.25) is 0 Å². The van der Waals surface area contributed by atoms with E-state index in [-0.39, 0.29) is 32.6 Å². The predicted molar refractivity (Wildman–Crippen MR) is 88.3 cm³/mol. The van der Waals surface area contributed by atoms with Gasteiger partial charge >= 0.3 is 0 Å². The van der Waals surface area contributed by atoms with Gasteiger partial charge in [0.1, 0.15) is 0 Å². The summed E-state index contributed by atoms with van der Waals surface area (Å²) in [6.45, 7) is 3.52. The van der Waals surface area contributed by atoms with E-state index >= 15 is 0 Å². The Bertz CT molecular complexity index is 713. The number of nitrogens with one attached hydrogen (secondary N) is 1. The van der Waals surface area contributed by atoms with Gasteiger partial charge in [-0.2, -0.15) is 0 Å². The quantitative estimate of drug-likeness (QED) is 0.362. The van der Waals surface area contributed by atoms with Crippen LogP contribution in [0.5, 0.6) is 0 Å². The van der Waals surface area contributed by atoms with Crippen molar-refractivity contribution in [3.05, 3.63) is 65.6 Å². The summed E-state index contributed by atoms with van der Waals surface area (Å²) >= 11 is 0. The summed E-state index contributed by atoms with van der Waals surface area (Å²) in [5.41, 5.74) is 1.83. The van der Waals surface area contributed by atoms with E-state index in [0.717, 1.165) is 11.6 Å². The first kappa shape index (κ1) is 23.1. The Balaban J connectivity index is 0.000000620. The number of nitrogens with zero attached hydrogens (tertiary/aromatic N) is 1. The van der Waals surface area contributed by atoms with Crippen LogP contribution in [0.2, 0.25) is 0 Å². The van der Waals surface area contributed by atoms with Crippen LogP contribution < -0.4 is 5.32 Å². The maximum Gasteiger partial charge on any atom is 0.155 e. The van der Waals surface area contributed by atoms with E-state index in [0.29, 0.717) is 17.8 Å². The minimum Gasteiger partial charge on any atom is -0.512 e. The summed E-state index contributed by atoms with van der Waals surface area (Å²) in [5, 5.41) is 11.4. The van der Waals surface area contributed by atoms with Crippen molar-refractivity contribution < 1.29 is 39.7 Å². The van der Waals surface area contributed by atoms with E-state index in [1.807, 2.05) is 13.1 Å². The number of carbonyl (C=O) groups excluding carboxylic acids is 1. The second-order valence-electron chi connectivity index (χ2n) is 5.04. The number of pyridine rings is 1. The molecule has 0 saturated carbocycles. The average Bonchev–Trinajstić information content (AvgIpc) is 2.46. The molecule has 2 aromatic rings. The molecule has 2 N–H and O–H groups in total. The fraction of sp³-hybridized carbons (Fsp3) is 0.222. The van der Waals surface area contributed by atoms with Gasteiger partial charge in [0.05, 0.1) is 5.76 Å². The number of aliphatic hydroxyl groups excluding tert-OH is 1. The van der Waals surface area contributed by atoms with Crippen molar-refractivity contribution >= 4 is 5.78 Å². The smallest absolute Gasteiger partial charge is 0.155 e. The number of hydrogen-bond acceptors (Lipinski definition) is 4. The molecule has 138 valence electrons. The molecule has 0 unspecified atom stereocenters. The van der Waals surface area contributed by atoms with Crippen molar-refractivity contribution in [1.29, 1.82) is 0 Å². The van der Waals surface area contributed by atoms with Crippen LogP contribution in [0, 0.1) is 17.7 Å². The van der Waals surface area contributed by atoms with Crippen molar-refractivity contribution in [3.8, 4) is 11.3 Å². The first-order chi connectivity index (χ1) is 11.3. The van der Waals surface area contributed by atoms with E-state index in [4.69, 9.17) is 5.11 Å². The maximum absolute atomic E-state index is 13.1. The molecule has 0 aliphatic rings. The molecule has 0 spiro atoms. The summed E-state index contributed by atoms with van der Waals surface area (Å²) in [5.74, 6) is -1.41. The minimum atomic E-state index is -0.721. The molecule has 0 aliphatic carbocycles. The maximum atomic E-state index is 13.1. The number of rotatable bonds is 4. The van der Waals surface area contributed by atoms with Crippen LogP contribution >= 0.6 is 0 Å². The van der Waals surface area contributed by atoms with Crippen LogP contribution in [0.4, 0.5) is 8.78 Å². The summed E-state index contributed by atoms with van der Waals surface area (Å²) in [6, 6.07) is 8.08. The van der Waals surface area contributed by atoms with Gasteiger partial charge in [0, 0.05) is 51.5 Å². The molecule has 1 heterocycles. The van der Waals surface area contributed by atoms with Gasteiger partial charge in [-0.1, -0.05) is 12.1 Å². The molecular formula is C18H19F2N2O2Pt-. The van der Waals surface area contributed by atoms with Gasteiger partial charge in [-0.05, 0) is 38.2 Å². The van der Waals surface area contributed by atoms with Crippen molar-refractivity contribution in [2.45, 2.75) is 20.4 Å². The second kappa shape index (κ2) is 11.6. The standard InChI is InChI=1S/C13H11F2N2.C5H8O2.Pt/c1-16-8-9-2-3-17-13(4-9)10-5-11(14)7-12(15)6-10;1-4(6)3-5(2)7;/h2-5,7,16H,8H2,1H3;3,6H,1-2H3;/q-1;;/b;4-3-;. The average molecular weight is 528 g/mol. The number of benzene rings is 1. The molecule has 4 nitrogen and oxygen atoms in total. The molecule has 2 rings (SSSR count). The molecule has 0 saturated heterocycles. The number of carbonyl (C=O) groups is 1. The van der Waals surface area contributed by atoms with E-state index < -0.39 is 11.6 Å². The topological polar surface area (TPSA) is 62.2 Å². The largest absolute Gasteiger partial charge is 0.512 e. The Morgan fingerprint density at radius 3 is 2.48 bits per heavy atom. The van der Waals surface area contributed by atoms with Crippen molar-refractivity contribution in [1.82, 2.24) is 10.3 Å². The van der Waals surface area contributed by atoms with E-state index in [2.05, 4.69) is 16.4 Å². The van der Waals surface area contributed by atoms with E-state index in [9.17, 15) is 13.6 Å². The Hall–Kier alpha value is -1.91. The molecule has 0 amide bonds. The van der Waals surface area contributed by atoms with Crippen molar-refractivity contribution in [3.63, 3.8) is 0 Å². The summed E-state index contributed by atoms with van der Waals surface area (Å²) in [7, 11) is 1.83. The molecule has 0 aliphatic heterocycles. The molecular weight excluding hydrogens is 509 g/mol. The number of aromatic nitrogens is 1.